The first-order valence-electron chi connectivity index (χ1n) is 3.91. The number of carbonyl (C=O) groups excluding carboxylic acids is 1. The van der Waals surface area contributed by atoms with Gasteiger partial charge in [0.05, 0.1) is 0 Å². The minimum absolute atomic E-state index is 0.232. The van der Waals surface area contributed by atoms with Crippen molar-refractivity contribution in [1.29, 1.82) is 0 Å². The predicted octanol–water partition coefficient (Wildman–Crippen LogP) is 1.13. The fourth-order valence-electron chi connectivity index (χ4n) is 1.09. The first-order chi connectivity index (χ1) is 6.36. The quantitative estimate of drug-likeness (QED) is 0.697. The molecule has 1 heterocycles. The van der Waals surface area contributed by atoms with Crippen LogP contribution in [0.5, 0.6) is 0 Å². The Labute approximate surface area is 75.2 Å². The number of hydrogen-bond acceptors (Lipinski definition) is 3. The summed E-state index contributed by atoms with van der Waals surface area (Å²) < 4.78 is 4.76. The van der Waals surface area contributed by atoms with E-state index in [0.717, 1.165) is 11.3 Å². The summed E-state index contributed by atoms with van der Waals surface area (Å²) in [6.07, 6.45) is -0.500. The third kappa shape index (κ3) is 1.66. The zero-order chi connectivity index (χ0) is 9.10. The number of rotatable bonds is 1. The van der Waals surface area contributed by atoms with Gasteiger partial charge in [-0.2, -0.15) is 5.10 Å². The summed E-state index contributed by atoms with van der Waals surface area (Å²) in [5.74, 6) is 0. The number of hydrogen-bond donors (Lipinski definition) is 1. The molecule has 1 aliphatic heterocycles. The van der Waals surface area contributed by atoms with E-state index in [2.05, 4.69) is 10.5 Å². The molecule has 1 amide bonds. The summed E-state index contributed by atoms with van der Waals surface area (Å²) in [6, 6.07) is 9.58. The van der Waals surface area contributed by atoms with E-state index in [1.807, 2.05) is 30.3 Å². The highest BCUT2D eigenvalue weighted by molar-refractivity contribution is 6.03. The molecule has 0 bridgehead atoms. The van der Waals surface area contributed by atoms with Crippen LogP contribution in [0.25, 0.3) is 0 Å². The summed E-state index contributed by atoms with van der Waals surface area (Å²) in [6.45, 7) is 0.232. The average molecular weight is 176 g/mol. The van der Waals surface area contributed by atoms with Crippen LogP contribution in [0.4, 0.5) is 4.79 Å². The molecule has 4 nitrogen and oxygen atoms in total. The van der Waals surface area contributed by atoms with Gasteiger partial charge in [-0.1, -0.05) is 30.3 Å². The van der Waals surface area contributed by atoms with Gasteiger partial charge in [0.15, 0.2) is 0 Å². The third-order valence-corrected chi connectivity index (χ3v) is 1.73. The van der Waals surface area contributed by atoms with Crippen LogP contribution in [0.2, 0.25) is 0 Å². The number of benzene rings is 1. The molecule has 1 N–H and O–H groups in total. The number of hydrazone groups is 1. The third-order valence-electron chi connectivity index (χ3n) is 1.73. The second kappa shape index (κ2) is 3.26. The van der Waals surface area contributed by atoms with Crippen LogP contribution in [0.3, 0.4) is 0 Å². The van der Waals surface area contributed by atoms with E-state index in [4.69, 9.17) is 4.74 Å². The molecular formula is C9H8N2O2. The second-order valence-electron chi connectivity index (χ2n) is 2.61. The monoisotopic (exact) mass is 176 g/mol. The fraction of sp³-hybridized carbons (Fsp3) is 0.111. The molecule has 0 aliphatic carbocycles. The Bertz CT molecular complexity index is 346. The number of ether oxygens (including phenoxy) is 1. The number of nitrogens with one attached hydrogen (secondary N) is 1. The lowest BCUT2D eigenvalue weighted by Crippen LogP contribution is -2.30. The summed E-state index contributed by atoms with van der Waals surface area (Å²) in [7, 11) is 0. The number of cyclic esters (lactones) is 1. The van der Waals surface area contributed by atoms with Crippen molar-refractivity contribution in [1.82, 2.24) is 5.43 Å². The van der Waals surface area contributed by atoms with Crippen molar-refractivity contribution in [3.05, 3.63) is 35.9 Å². The maximum atomic E-state index is 10.6. The Morgan fingerprint density at radius 3 is 2.69 bits per heavy atom. The van der Waals surface area contributed by atoms with Crippen molar-refractivity contribution in [2.75, 3.05) is 6.61 Å². The van der Waals surface area contributed by atoms with E-state index >= 15 is 0 Å². The molecule has 0 atom stereocenters. The molecule has 0 aromatic heterocycles. The molecule has 0 saturated carbocycles. The molecule has 1 aromatic rings. The van der Waals surface area contributed by atoms with Crippen molar-refractivity contribution in [2.24, 2.45) is 5.10 Å². The van der Waals surface area contributed by atoms with Crippen molar-refractivity contribution >= 4 is 11.8 Å². The standard InChI is InChI=1S/C9H8N2O2/c12-9-11-10-8(6-13-9)7-4-2-1-3-5-7/h1-5H,6H2,(H,11,12). The molecule has 0 saturated heterocycles. The first kappa shape index (κ1) is 7.79. The molecule has 2 rings (SSSR count). The van der Waals surface area contributed by atoms with E-state index in [-0.39, 0.29) is 6.61 Å². The van der Waals surface area contributed by atoms with Crippen molar-refractivity contribution < 1.29 is 9.53 Å². The van der Waals surface area contributed by atoms with E-state index in [1.54, 1.807) is 0 Å². The van der Waals surface area contributed by atoms with Gasteiger partial charge in [0.1, 0.15) is 12.3 Å². The number of amides is 1. The summed E-state index contributed by atoms with van der Waals surface area (Å²) in [4.78, 5) is 10.6. The number of carbonyl (C=O) groups is 1. The maximum Gasteiger partial charge on any atom is 0.428 e. The molecule has 0 fully saturated rings. The molecule has 66 valence electrons. The first-order valence-corrected chi connectivity index (χ1v) is 3.91. The lowest BCUT2D eigenvalue weighted by Gasteiger charge is -2.12. The van der Waals surface area contributed by atoms with Crippen LogP contribution in [0, 0.1) is 0 Å². The Morgan fingerprint density at radius 2 is 2.08 bits per heavy atom. The normalized spacial score (nSPS) is 15.7. The van der Waals surface area contributed by atoms with Gasteiger partial charge in [-0.15, -0.1) is 0 Å². The summed E-state index contributed by atoms with van der Waals surface area (Å²) in [5, 5.41) is 3.87. The lowest BCUT2D eigenvalue weighted by atomic mass is 10.1. The second-order valence-corrected chi connectivity index (χ2v) is 2.61. The van der Waals surface area contributed by atoms with E-state index in [0.29, 0.717) is 0 Å². The topological polar surface area (TPSA) is 50.7 Å². The van der Waals surface area contributed by atoms with Crippen LogP contribution < -0.4 is 5.43 Å². The van der Waals surface area contributed by atoms with E-state index < -0.39 is 6.09 Å². The maximum absolute atomic E-state index is 10.6. The van der Waals surface area contributed by atoms with Crippen LogP contribution in [-0.2, 0) is 4.74 Å². The van der Waals surface area contributed by atoms with Crippen LogP contribution in [0.1, 0.15) is 5.56 Å². The van der Waals surface area contributed by atoms with Crippen LogP contribution >= 0.6 is 0 Å². The van der Waals surface area contributed by atoms with Crippen molar-refractivity contribution in [3.63, 3.8) is 0 Å². The number of nitrogens with zero attached hydrogens (tertiary/aromatic N) is 1. The van der Waals surface area contributed by atoms with Crippen molar-refractivity contribution in [2.45, 2.75) is 0 Å². The Kier molecular flexibility index (Phi) is 1.96. The highest BCUT2D eigenvalue weighted by atomic mass is 16.6. The smallest absolute Gasteiger partial charge is 0.428 e. The van der Waals surface area contributed by atoms with Gasteiger partial charge in [-0.25, -0.2) is 10.2 Å². The Morgan fingerprint density at radius 1 is 1.31 bits per heavy atom. The van der Waals surface area contributed by atoms with Gasteiger partial charge in [0.2, 0.25) is 0 Å². The van der Waals surface area contributed by atoms with Gasteiger partial charge in [0.25, 0.3) is 0 Å². The van der Waals surface area contributed by atoms with Gasteiger partial charge >= 0.3 is 6.09 Å². The molecule has 1 aliphatic rings. The molecule has 0 radical (unpaired) electrons. The highest BCUT2D eigenvalue weighted by Crippen LogP contribution is 2.03. The zero-order valence-electron chi connectivity index (χ0n) is 6.86. The lowest BCUT2D eigenvalue weighted by molar-refractivity contribution is 0.157. The SMILES string of the molecule is O=C1NN=C(c2ccccc2)CO1. The minimum atomic E-state index is -0.500. The van der Waals surface area contributed by atoms with Gasteiger partial charge in [-0.05, 0) is 0 Å². The summed E-state index contributed by atoms with van der Waals surface area (Å²) in [5.41, 5.74) is 3.95. The molecule has 0 unspecified atom stereocenters. The average Bonchev–Trinajstić information content (AvgIpc) is 2.20. The largest absolute Gasteiger partial charge is 0.442 e. The molecule has 1 aromatic carbocycles. The van der Waals surface area contributed by atoms with Crippen molar-refractivity contribution in [3.8, 4) is 0 Å². The van der Waals surface area contributed by atoms with Gasteiger partial charge < -0.3 is 4.74 Å². The van der Waals surface area contributed by atoms with Gasteiger partial charge in [0, 0.05) is 5.56 Å². The Hall–Kier alpha value is -1.84. The van der Waals surface area contributed by atoms with Gasteiger partial charge in [-0.3, -0.25) is 0 Å². The zero-order valence-corrected chi connectivity index (χ0v) is 6.86. The summed E-state index contributed by atoms with van der Waals surface area (Å²) >= 11 is 0. The highest BCUT2D eigenvalue weighted by Gasteiger charge is 2.12. The molecule has 0 spiro atoms. The van der Waals surface area contributed by atoms with E-state index in [1.165, 1.54) is 0 Å². The molecular weight excluding hydrogens is 168 g/mol. The van der Waals surface area contributed by atoms with Crippen LogP contribution in [0.15, 0.2) is 35.4 Å². The fourth-order valence-corrected chi connectivity index (χ4v) is 1.09. The molecule has 4 heteroatoms. The Balaban J connectivity index is 2.23. The molecule has 13 heavy (non-hydrogen) atoms. The predicted molar refractivity (Wildman–Crippen MR) is 47.5 cm³/mol. The van der Waals surface area contributed by atoms with Crippen LogP contribution in [-0.4, -0.2) is 18.4 Å². The minimum Gasteiger partial charge on any atom is -0.442 e. The van der Waals surface area contributed by atoms with E-state index in [9.17, 15) is 4.79 Å².